The van der Waals surface area contributed by atoms with Gasteiger partial charge in [0.05, 0.1) is 26.5 Å². The summed E-state index contributed by atoms with van der Waals surface area (Å²) in [5, 5.41) is 8.91. The summed E-state index contributed by atoms with van der Waals surface area (Å²) < 4.78 is 15.3. The van der Waals surface area contributed by atoms with Crippen molar-refractivity contribution in [1.29, 1.82) is 0 Å². The molecule has 0 atom stereocenters. The second-order valence-electron chi connectivity index (χ2n) is 4.08. The molecule has 0 radical (unpaired) electrons. The van der Waals surface area contributed by atoms with E-state index < -0.39 is 6.03 Å². The van der Waals surface area contributed by atoms with E-state index in [1.807, 2.05) is 0 Å². The fraction of sp³-hybridized carbons (Fsp3) is 0.308. The molecule has 0 bridgehead atoms. The molecule has 21 heavy (non-hydrogen) atoms. The molecular weight excluding hydrogens is 276 g/mol. The summed E-state index contributed by atoms with van der Waals surface area (Å²) in [6.45, 7) is 1.84. The van der Waals surface area contributed by atoms with Crippen LogP contribution in [0.2, 0.25) is 0 Å². The van der Waals surface area contributed by atoms with Gasteiger partial charge < -0.3 is 24.6 Å². The Kier molecular flexibility index (Phi) is 4.60. The van der Waals surface area contributed by atoms with E-state index in [0.717, 1.165) is 0 Å². The number of aromatic nitrogens is 2. The number of hydrogen-bond donors (Lipinski definition) is 2. The number of rotatable bonds is 5. The highest BCUT2D eigenvalue weighted by Gasteiger charge is 2.12. The van der Waals surface area contributed by atoms with Crippen molar-refractivity contribution in [3.05, 3.63) is 29.9 Å². The average molecular weight is 292 g/mol. The number of para-hydroxylation sites is 1. The van der Waals surface area contributed by atoms with Crippen molar-refractivity contribution in [2.24, 2.45) is 0 Å². The first kappa shape index (κ1) is 14.6. The van der Waals surface area contributed by atoms with Crippen molar-refractivity contribution in [3.63, 3.8) is 0 Å². The van der Waals surface area contributed by atoms with Crippen LogP contribution in [0.15, 0.2) is 22.7 Å². The van der Waals surface area contributed by atoms with Crippen molar-refractivity contribution < 1.29 is 18.8 Å². The molecule has 0 aliphatic carbocycles. The third-order valence-electron chi connectivity index (χ3n) is 2.62. The number of carbonyl (C=O) groups is 1. The van der Waals surface area contributed by atoms with Crippen LogP contribution in [-0.4, -0.2) is 30.4 Å². The number of methoxy groups -OCH3 is 2. The van der Waals surface area contributed by atoms with E-state index in [4.69, 9.17) is 14.0 Å². The van der Waals surface area contributed by atoms with E-state index in [0.29, 0.717) is 28.9 Å². The molecule has 0 spiro atoms. The number of ether oxygens (including phenoxy) is 2. The molecule has 0 saturated carbocycles. The number of amides is 2. The second kappa shape index (κ2) is 6.60. The van der Waals surface area contributed by atoms with Crippen LogP contribution < -0.4 is 20.1 Å². The van der Waals surface area contributed by atoms with Crippen molar-refractivity contribution in [2.75, 3.05) is 19.5 Å². The largest absolute Gasteiger partial charge is 0.493 e. The quantitative estimate of drug-likeness (QED) is 0.870. The fourth-order valence-corrected chi connectivity index (χ4v) is 1.72. The third-order valence-corrected chi connectivity index (χ3v) is 2.62. The minimum atomic E-state index is -0.419. The standard InChI is InChI=1S/C13H16N4O4/c1-8-15-11(21-17-8)7-14-13(18)16-9-5-4-6-10(19-2)12(9)20-3/h4-6H,7H2,1-3H3,(H2,14,16,18). The Hall–Kier alpha value is -2.77. The zero-order valence-electron chi connectivity index (χ0n) is 12.0. The predicted octanol–water partition coefficient (Wildman–Crippen LogP) is 1.72. The molecule has 2 rings (SSSR count). The van der Waals surface area contributed by atoms with E-state index in [1.165, 1.54) is 14.2 Å². The van der Waals surface area contributed by atoms with Crippen LogP contribution in [0.3, 0.4) is 0 Å². The lowest BCUT2D eigenvalue weighted by Gasteiger charge is -2.13. The van der Waals surface area contributed by atoms with Gasteiger partial charge in [-0.1, -0.05) is 11.2 Å². The lowest BCUT2D eigenvalue weighted by atomic mass is 10.2. The van der Waals surface area contributed by atoms with Crippen LogP contribution >= 0.6 is 0 Å². The van der Waals surface area contributed by atoms with E-state index in [1.54, 1.807) is 25.1 Å². The van der Waals surface area contributed by atoms with E-state index in [9.17, 15) is 4.79 Å². The zero-order chi connectivity index (χ0) is 15.2. The van der Waals surface area contributed by atoms with Crippen LogP contribution in [0.25, 0.3) is 0 Å². The maximum absolute atomic E-state index is 11.9. The molecule has 112 valence electrons. The normalized spacial score (nSPS) is 10.0. The summed E-state index contributed by atoms with van der Waals surface area (Å²) in [7, 11) is 3.03. The van der Waals surface area contributed by atoms with Gasteiger partial charge in [0.2, 0.25) is 5.89 Å². The van der Waals surface area contributed by atoms with Gasteiger partial charge >= 0.3 is 6.03 Å². The summed E-state index contributed by atoms with van der Waals surface area (Å²) in [5.41, 5.74) is 0.496. The number of urea groups is 1. The van der Waals surface area contributed by atoms with Crippen molar-refractivity contribution in [2.45, 2.75) is 13.5 Å². The number of benzene rings is 1. The zero-order valence-corrected chi connectivity index (χ0v) is 12.0. The van der Waals surface area contributed by atoms with Crippen molar-refractivity contribution in [1.82, 2.24) is 15.5 Å². The highest BCUT2D eigenvalue weighted by molar-refractivity contribution is 5.91. The Bertz CT molecular complexity index is 626. The van der Waals surface area contributed by atoms with Gasteiger partial charge in [-0.2, -0.15) is 4.98 Å². The molecule has 0 fully saturated rings. The molecule has 1 aromatic heterocycles. The van der Waals surface area contributed by atoms with Crippen LogP contribution in [-0.2, 0) is 6.54 Å². The monoisotopic (exact) mass is 292 g/mol. The van der Waals surface area contributed by atoms with Gasteiger partial charge in [0.1, 0.15) is 0 Å². The minimum absolute atomic E-state index is 0.138. The van der Waals surface area contributed by atoms with E-state index >= 15 is 0 Å². The van der Waals surface area contributed by atoms with E-state index in [-0.39, 0.29) is 6.54 Å². The van der Waals surface area contributed by atoms with Gasteiger partial charge in [-0.05, 0) is 19.1 Å². The smallest absolute Gasteiger partial charge is 0.319 e. The molecule has 2 N–H and O–H groups in total. The topological polar surface area (TPSA) is 98.5 Å². The molecule has 8 heteroatoms. The molecular formula is C13H16N4O4. The van der Waals surface area contributed by atoms with Gasteiger partial charge in [-0.25, -0.2) is 4.79 Å². The maximum atomic E-state index is 11.9. The summed E-state index contributed by atoms with van der Waals surface area (Å²) in [5.74, 6) is 1.83. The van der Waals surface area contributed by atoms with E-state index in [2.05, 4.69) is 20.8 Å². The van der Waals surface area contributed by atoms with Crippen LogP contribution in [0.4, 0.5) is 10.5 Å². The Labute approximate surface area is 121 Å². The Morgan fingerprint density at radius 3 is 2.76 bits per heavy atom. The predicted molar refractivity (Wildman–Crippen MR) is 74.4 cm³/mol. The highest BCUT2D eigenvalue weighted by Crippen LogP contribution is 2.34. The van der Waals surface area contributed by atoms with Crippen LogP contribution in [0.1, 0.15) is 11.7 Å². The summed E-state index contributed by atoms with van der Waals surface area (Å²) in [6, 6.07) is 4.77. The minimum Gasteiger partial charge on any atom is -0.493 e. The van der Waals surface area contributed by atoms with Gasteiger partial charge in [-0.3, -0.25) is 0 Å². The number of carbonyl (C=O) groups excluding carboxylic acids is 1. The van der Waals surface area contributed by atoms with Crippen LogP contribution in [0.5, 0.6) is 11.5 Å². The van der Waals surface area contributed by atoms with Crippen molar-refractivity contribution in [3.8, 4) is 11.5 Å². The molecule has 0 unspecified atom stereocenters. The third kappa shape index (κ3) is 3.62. The summed E-state index contributed by atoms with van der Waals surface area (Å²) in [4.78, 5) is 15.8. The number of hydrogen-bond acceptors (Lipinski definition) is 6. The molecule has 0 saturated heterocycles. The maximum Gasteiger partial charge on any atom is 0.319 e. The lowest BCUT2D eigenvalue weighted by molar-refractivity contribution is 0.249. The number of anilines is 1. The Morgan fingerprint density at radius 2 is 2.14 bits per heavy atom. The molecule has 8 nitrogen and oxygen atoms in total. The highest BCUT2D eigenvalue weighted by atomic mass is 16.5. The first-order chi connectivity index (χ1) is 10.1. The number of aryl methyl sites for hydroxylation is 1. The van der Waals surface area contributed by atoms with Gasteiger partial charge in [-0.15, -0.1) is 0 Å². The molecule has 0 aliphatic heterocycles. The van der Waals surface area contributed by atoms with Gasteiger partial charge in [0.15, 0.2) is 17.3 Å². The second-order valence-corrected chi connectivity index (χ2v) is 4.08. The molecule has 2 amide bonds. The average Bonchev–Trinajstić information content (AvgIpc) is 2.90. The molecule has 2 aromatic rings. The molecule has 0 aliphatic rings. The van der Waals surface area contributed by atoms with Gasteiger partial charge in [0.25, 0.3) is 0 Å². The lowest BCUT2D eigenvalue weighted by Crippen LogP contribution is -2.28. The Balaban J connectivity index is 1.99. The first-order valence-corrected chi connectivity index (χ1v) is 6.19. The number of nitrogens with one attached hydrogen (secondary N) is 2. The summed E-state index contributed by atoms with van der Waals surface area (Å²) in [6.07, 6.45) is 0. The Morgan fingerprint density at radius 1 is 1.33 bits per heavy atom. The van der Waals surface area contributed by atoms with Crippen LogP contribution in [0, 0.1) is 6.92 Å². The summed E-state index contributed by atoms with van der Waals surface area (Å²) >= 11 is 0. The van der Waals surface area contributed by atoms with Crippen molar-refractivity contribution >= 4 is 11.7 Å². The SMILES string of the molecule is COc1cccc(NC(=O)NCc2nc(C)no2)c1OC. The molecule has 1 heterocycles. The fourth-order valence-electron chi connectivity index (χ4n) is 1.72. The molecule has 1 aromatic carbocycles. The number of nitrogens with zero attached hydrogens (tertiary/aromatic N) is 2. The first-order valence-electron chi connectivity index (χ1n) is 6.19. The van der Waals surface area contributed by atoms with Gasteiger partial charge in [0, 0.05) is 0 Å².